The first-order valence-electron chi connectivity index (χ1n) is 5.87. The number of benzene rings is 1. The molecule has 0 radical (unpaired) electrons. The smallest absolute Gasteiger partial charge is 0.241 e. The average molecular weight is 303 g/mol. The highest BCUT2D eigenvalue weighted by atomic mass is 32.2. The fourth-order valence-electron chi connectivity index (χ4n) is 1.40. The van der Waals surface area contributed by atoms with Crippen molar-refractivity contribution >= 4 is 21.6 Å². The van der Waals surface area contributed by atoms with Gasteiger partial charge in [-0.05, 0) is 39.0 Å². The molecule has 1 aromatic rings. The SMILES string of the molecule is CC(C)(C)NC(=O)CNS(=O)(=O)c1ccc(F)c(N)c1. The van der Waals surface area contributed by atoms with Gasteiger partial charge in [-0.3, -0.25) is 4.79 Å². The molecule has 1 amide bonds. The molecular formula is C12H18FN3O3S. The summed E-state index contributed by atoms with van der Waals surface area (Å²) < 4.78 is 38.9. The maximum absolute atomic E-state index is 13.0. The topological polar surface area (TPSA) is 101 Å². The molecule has 1 rings (SSSR count). The van der Waals surface area contributed by atoms with Gasteiger partial charge in [-0.2, -0.15) is 0 Å². The lowest BCUT2D eigenvalue weighted by Crippen LogP contribution is -2.45. The number of nitrogens with one attached hydrogen (secondary N) is 2. The minimum absolute atomic E-state index is 0.194. The number of hydrogen-bond acceptors (Lipinski definition) is 4. The maximum atomic E-state index is 13.0. The number of sulfonamides is 1. The van der Waals surface area contributed by atoms with E-state index in [-0.39, 0.29) is 10.6 Å². The number of nitrogen functional groups attached to an aromatic ring is 1. The minimum atomic E-state index is -3.91. The third-order valence-corrected chi connectivity index (χ3v) is 3.61. The molecule has 0 aliphatic heterocycles. The second-order valence-electron chi connectivity index (χ2n) is 5.31. The summed E-state index contributed by atoms with van der Waals surface area (Å²) in [7, 11) is -3.91. The maximum Gasteiger partial charge on any atom is 0.241 e. The van der Waals surface area contributed by atoms with Crippen molar-refractivity contribution in [3.63, 3.8) is 0 Å². The number of halogens is 1. The predicted molar refractivity (Wildman–Crippen MR) is 73.9 cm³/mol. The van der Waals surface area contributed by atoms with Gasteiger partial charge < -0.3 is 11.1 Å². The van der Waals surface area contributed by atoms with Crippen molar-refractivity contribution < 1.29 is 17.6 Å². The predicted octanol–water partition coefficient (Wildman–Crippen LogP) is 0.601. The van der Waals surface area contributed by atoms with E-state index in [1.54, 1.807) is 20.8 Å². The fraction of sp³-hybridized carbons (Fsp3) is 0.417. The van der Waals surface area contributed by atoms with Crippen LogP contribution < -0.4 is 15.8 Å². The Balaban J connectivity index is 2.76. The molecular weight excluding hydrogens is 285 g/mol. The summed E-state index contributed by atoms with van der Waals surface area (Å²) >= 11 is 0. The molecule has 0 bridgehead atoms. The van der Waals surface area contributed by atoms with Gasteiger partial charge in [0.1, 0.15) is 5.82 Å². The molecule has 0 aliphatic rings. The first-order chi connectivity index (χ1) is 9.01. The lowest BCUT2D eigenvalue weighted by Gasteiger charge is -2.20. The fourth-order valence-corrected chi connectivity index (χ4v) is 2.41. The summed E-state index contributed by atoms with van der Waals surface area (Å²) in [6.45, 7) is 4.93. The number of anilines is 1. The van der Waals surface area contributed by atoms with E-state index in [4.69, 9.17) is 5.73 Å². The zero-order valence-electron chi connectivity index (χ0n) is 11.5. The Hall–Kier alpha value is -1.67. The van der Waals surface area contributed by atoms with Crippen molar-refractivity contribution in [3.05, 3.63) is 24.0 Å². The largest absolute Gasteiger partial charge is 0.396 e. The molecule has 6 nitrogen and oxygen atoms in total. The number of hydrogen-bond donors (Lipinski definition) is 3. The van der Waals surface area contributed by atoms with Gasteiger partial charge in [0.15, 0.2) is 0 Å². The summed E-state index contributed by atoms with van der Waals surface area (Å²) in [6, 6.07) is 3.04. The summed E-state index contributed by atoms with van der Waals surface area (Å²) in [4.78, 5) is 11.3. The van der Waals surface area contributed by atoms with Crippen LogP contribution in [0.25, 0.3) is 0 Å². The van der Waals surface area contributed by atoms with Gasteiger partial charge in [-0.15, -0.1) is 0 Å². The number of nitrogens with two attached hydrogens (primary N) is 1. The molecule has 0 spiro atoms. The lowest BCUT2D eigenvalue weighted by molar-refractivity contribution is -0.121. The number of rotatable bonds is 4. The van der Waals surface area contributed by atoms with E-state index in [0.717, 1.165) is 18.2 Å². The number of carbonyl (C=O) groups excluding carboxylic acids is 1. The Kier molecular flexibility index (Phi) is 4.72. The summed E-state index contributed by atoms with van der Waals surface area (Å²) in [5, 5.41) is 2.61. The highest BCUT2D eigenvalue weighted by Gasteiger charge is 2.19. The summed E-state index contributed by atoms with van der Waals surface area (Å²) in [6.07, 6.45) is 0. The monoisotopic (exact) mass is 303 g/mol. The zero-order valence-corrected chi connectivity index (χ0v) is 12.3. The van der Waals surface area contributed by atoms with Crippen molar-refractivity contribution in [2.75, 3.05) is 12.3 Å². The number of carbonyl (C=O) groups is 1. The Morgan fingerprint density at radius 2 is 1.95 bits per heavy atom. The Morgan fingerprint density at radius 3 is 2.45 bits per heavy atom. The first-order valence-corrected chi connectivity index (χ1v) is 7.35. The van der Waals surface area contributed by atoms with Crippen molar-refractivity contribution in [2.45, 2.75) is 31.2 Å². The average Bonchev–Trinajstić information content (AvgIpc) is 2.28. The normalized spacial score (nSPS) is 12.2. The molecule has 4 N–H and O–H groups in total. The van der Waals surface area contributed by atoms with E-state index < -0.39 is 33.8 Å². The van der Waals surface area contributed by atoms with Crippen LogP contribution in [0.2, 0.25) is 0 Å². The van der Waals surface area contributed by atoms with Gasteiger partial charge in [-0.1, -0.05) is 0 Å². The minimum Gasteiger partial charge on any atom is -0.396 e. The van der Waals surface area contributed by atoms with E-state index in [9.17, 15) is 17.6 Å². The van der Waals surface area contributed by atoms with E-state index in [1.807, 2.05) is 0 Å². The number of amides is 1. The highest BCUT2D eigenvalue weighted by Crippen LogP contribution is 2.16. The zero-order chi connectivity index (χ0) is 15.6. The highest BCUT2D eigenvalue weighted by molar-refractivity contribution is 7.89. The van der Waals surface area contributed by atoms with Gasteiger partial charge in [0.2, 0.25) is 15.9 Å². The summed E-state index contributed by atoms with van der Waals surface area (Å²) in [5.74, 6) is -1.16. The Bertz CT molecular complexity index is 609. The molecule has 0 saturated heterocycles. The van der Waals surface area contributed by atoms with Gasteiger partial charge in [0.05, 0.1) is 17.1 Å². The van der Waals surface area contributed by atoms with Crippen LogP contribution in [0.4, 0.5) is 10.1 Å². The van der Waals surface area contributed by atoms with Gasteiger partial charge >= 0.3 is 0 Å². The van der Waals surface area contributed by atoms with Crippen LogP contribution in [0.5, 0.6) is 0 Å². The van der Waals surface area contributed by atoms with E-state index in [0.29, 0.717) is 0 Å². The van der Waals surface area contributed by atoms with E-state index in [2.05, 4.69) is 10.0 Å². The molecule has 8 heteroatoms. The molecule has 0 aromatic heterocycles. The Morgan fingerprint density at radius 1 is 1.35 bits per heavy atom. The molecule has 0 aliphatic carbocycles. The molecule has 0 heterocycles. The lowest BCUT2D eigenvalue weighted by atomic mass is 10.1. The van der Waals surface area contributed by atoms with Crippen molar-refractivity contribution in [1.82, 2.24) is 10.0 Å². The molecule has 1 aromatic carbocycles. The van der Waals surface area contributed by atoms with Crippen LogP contribution >= 0.6 is 0 Å². The standard InChI is InChI=1S/C12H18FN3O3S/c1-12(2,3)16-11(17)7-15-20(18,19)8-4-5-9(13)10(14)6-8/h4-6,15H,7,14H2,1-3H3,(H,16,17). The van der Waals surface area contributed by atoms with Crippen molar-refractivity contribution in [2.24, 2.45) is 0 Å². The molecule has 0 fully saturated rings. The molecule has 0 saturated carbocycles. The third kappa shape index (κ3) is 4.78. The molecule has 0 atom stereocenters. The van der Waals surface area contributed by atoms with Crippen LogP contribution in [-0.4, -0.2) is 26.4 Å². The van der Waals surface area contributed by atoms with Crippen LogP contribution in [-0.2, 0) is 14.8 Å². The first kappa shape index (κ1) is 16.4. The van der Waals surface area contributed by atoms with Crippen LogP contribution in [0.15, 0.2) is 23.1 Å². The van der Waals surface area contributed by atoms with Gasteiger partial charge in [-0.25, -0.2) is 17.5 Å². The second-order valence-corrected chi connectivity index (χ2v) is 7.07. The second kappa shape index (κ2) is 5.76. The van der Waals surface area contributed by atoms with Gasteiger partial charge in [0.25, 0.3) is 0 Å². The van der Waals surface area contributed by atoms with E-state index in [1.165, 1.54) is 0 Å². The van der Waals surface area contributed by atoms with Crippen LogP contribution in [0.1, 0.15) is 20.8 Å². The van der Waals surface area contributed by atoms with Crippen molar-refractivity contribution in [1.29, 1.82) is 0 Å². The summed E-state index contributed by atoms with van der Waals surface area (Å²) in [5.41, 5.74) is 4.58. The van der Waals surface area contributed by atoms with Crippen LogP contribution in [0.3, 0.4) is 0 Å². The van der Waals surface area contributed by atoms with Crippen LogP contribution in [0, 0.1) is 5.82 Å². The molecule has 112 valence electrons. The van der Waals surface area contributed by atoms with Gasteiger partial charge in [0, 0.05) is 5.54 Å². The molecule has 0 unspecified atom stereocenters. The van der Waals surface area contributed by atoms with Crippen molar-refractivity contribution in [3.8, 4) is 0 Å². The Labute approximate surface area is 117 Å². The molecule has 20 heavy (non-hydrogen) atoms. The quantitative estimate of drug-likeness (QED) is 0.709. The third-order valence-electron chi connectivity index (χ3n) is 2.21. The van der Waals surface area contributed by atoms with E-state index >= 15 is 0 Å².